The molecule has 1 aliphatic heterocycles. The molecule has 1 aliphatic carbocycles. The fourth-order valence-corrected chi connectivity index (χ4v) is 7.40. The summed E-state index contributed by atoms with van der Waals surface area (Å²) < 4.78 is 43.8. The van der Waals surface area contributed by atoms with E-state index in [9.17, 15) is 28.8 Å². The van der Waals surface area contributed by atoms with Gasteiger partial charge in [-0.3, -0.25) is 24.1 Å². The summed E-state index contributed by atoms with van der Waals surface area (Å²) in [4.78, 5) is 86.5. The highest BCUT2D eigenvalue weighted by Gasteiger charge is 2.34. The molecule has 24 nitrogen and oxygen atoms in total. The van der Waals surface area contributed by atoms with Crippen molar-refractivity contribution in [1.82, 2.24) is 15.3 Å². The number of esters is 1. The summed E-state index contributed by atoms with van der Waals surface area (Å²) in [6.07, 6.45) is 2.41. The second kappa shape index (κ2) is 34.2. The highest BCUT2D eigenvalue weighted by atomic mass is 16.7. The third-order valence-electron chi connectivity index (χ3n) is 10.9. The van der Waals surface area contributed by atoms with Crippen LogP contribution >= 0.6 is 0 Å². The number of aryl methyl sites for hydroxylation is 1. The van der Waals surface area contributed by atoms with E-state index in [1.54, 1.807) is 0 Å². The summed E-state index contributed by atoms with van der Waals surface area (Å²) in [6.45, 7) is 6.34. The second-order valence-corrected chi connectivity index (χ2v) is 16.0. The van der Waals surface area contributed by atoms with Crippen LogP contribution in [-0.4, -0.2) is 177 Å². The van der Waals surface area contributed by atoms with E-state index in [4.69, 9.17) is 53.8 Å². The van der Waals surface area contributed by atoms with Crippen molar-refractivity contribution in [3.63, 3.8) is 0 Å². The maximum absolute atomic E-state index is 13.5. The van der Waals surface area contributed by atoms with Crippen LogP contribution in [0.4, 0.5) is 4.79 Å². The maximum atomic E-state index is 13.5. The molecule has 0 bridgehead atoms. The van der Waals surface area contributed by atoms with Crippen molar-refractivity contribution in [2.75, 3.05) is 132 Å². The molecule has 1 heterocycles. The van der Waals surface area contributed by atoms with Crippen LogP contribution in [0.15, 0.2) is 46.6 Å². The lowest BCUT2D eigenvalue weighted by atomic mass is 9.94. The molecule has 3 amide bonds. The average Bonchev–Trinajstić information content (AvgIpc) is 3.84. The van der Waals surface area contributed by atoms with Crippen LogP contribution in [-0.2, 0) is 68.3 Å². The largest absolute Gasteiger partial charge is 0.465 e. The van der Waals surface area contributed by atoms with Gasteiger partial charge in [0.2, 0.25) is 0 Å². The summed E-state index contributed by atoms with van der Waals surface area (Å²) in [5.41, 5.74) is 21.9. The number of ether oxygens (including phenoxy) is 8. The molecule has 0 radical (unpaired) electrons. The second-order valence-electron chi connectivity index (χ2n) is 16.0. The van der Waals surface area contributed by atoms with E-state index >= 15 is 0 Å². The minimum atomic E-state index is -0.876. The zero-order chi connectivity index (χ0) is 50.9. The van der Waals surface area contributed by atoms with E-state index in [2.05, 4.69) is 43.6 Å². The van der Waals surface area contributed by atoms with Gasteiger partial charge < -0.3 is 48.0 Å². The van der Waals surface area contributed by atoms with Crippen molar-refractivity contribution in [3.05, 3.63) is 79.5 Å². The minimum absolute atomic E-state index is 0.0221. The molecule has 1 atom stereocenters. The Morgan fingerprint density at radius 1 is 0.690 bits per heavy atom. The van der Waals surface area contributed by atoms with Crippen molar-refractivity contribution in [3.8, 4) is 11.1 Å². The van der Waals surface area contributed by atoms with Gasteiger partial charge in [-0.25, -0.2) is 9.59 Å². The molecular formula is C47H65N9O15. The molecule has 2 aliphatic rings. The number of carbonyl (C=O) groups is 6. The van der Waals surface area contributed by atoms with E-state index in [0.29, 0.717) is 96.3 Å². The van der Waals surface area contributed by atoms with Gasteiger partial charge in [0.25, 0.3) is 11.8 Å². The molecule has 1 saturated heterocycles. The third-order valence-corrected chi connectivity index (χ3v) is 10.9. The Bertz CT molecular complexity index is 2120. The van der Waals surface area contributed by atoms with Gasteiger partial charge in [-0.05, 0) is 70.6 Å². The SMILES string of the molecule is CC(=O)OCCN(CCNC(=O)OCC1c2cc(CCCCOCCOCCOCCN=[N+]=[N-])ccc2-c2ccc(C(=O)CCCOCCOCCOCCN=[N+]=[N-])cc21)CC(=O)ON1C(=O)CCC1=O. The number of azide groups is 2. The topological polar surface area (TPSA) is 302 Å². The van der Waals surface area contributed by atoms with Crippen molar-refractivity contribution in [2.45, 2.75) is 57.8 Å². The highest BCUT2D eigenvalue weighted by Crippen LogP contribution is 2.46. The number of rotatable bonds is 39. The molecule has 1 unspecified atom stereocenters. The summed E-state index contributed by atoms with van der Waals surface area (Å²) in [7, 11) is 0. The molecule has 24 heteroatoms. The zero-order valence-electron chi connectivity index (χ0n) is 40.3. The Morgan fingerprint density at radius 3 is 1.86 bits per heavy atom. The molecule has 2 aromatic rings. The van der Waals surface area contributed by atoms with Gasteiger partial charge in [-0.1, -0.05) is 40.6 Å². The molecule has 0 aromatic heterocycles. The van der Waals surface area contributed by atoms with Gasteiger partial charge in [0, 0.05) is 93.4 Å². The number of Topliss-reactive ketones (excluding diaryl/α,β-unsaturated/α-hetero) is 1. The number of carbonyl (C=O) groups excluding carboxylic acids is 6. The monoisotopic (exact) mass is 995 g/mol. The first-order chi connectivity index (χ1) is 34.6. The predicted molar refractivity (Wildman–Crippen MR) is 253 cm³/mol. The third kappa shape index (κ3) is 22.2. The number of hydrogen-bond acceptors (Lipinski definition) is 18. The quantitative estimate of drug-likeness (QED) is 0.0175. The first-order valence-corrected chi connectivity index (χ1v) is 23.7. The number of imide groups is 1. The molecule has 0 saturated carbocycles. The van der Waals surface area contributed by atoms with E-state index in [0.717, 1.165) is 47.1 Å². The number of hydroxylamine groups is 2. The van der Waals surface area contributed by atoms with Crippen LogP contribution in [0.1, 0.15) is 78.4 Å². The maximum Gasteiger partial charge on any atom is 0.407 e. The number of unbranched alkanes of at least 4 members (excludes halogenated alkanes) is 1. The van der Waals surface area contributed by atoms with E-state index in [1.807, 2.05) is 18.2 Å². The van der Waals surface area contributed by atoms with E-state index in [-0.39, 0.29) is 83.4 Å². The fourth-order valence-electron chi connectivity index (χ4n) is 7.40. The standard InChI is InChI=1S/C47H65N9O15/c1-35(57)69-22-17-55(33-46(61)71-56-44(59)11-12-45(56)60)16-13-50-47(62)70-34-42-40-31-36(5-2-3-18-63-23-27-67-29-25-65-20-14-51-53-48)7-9-38(40)39-10-8-37(32-41(39)42)43(58)6-4-19-64-24-28-68-30-26-66-21-15-52-54-49/h7-10,31-32,42H,2-6,11-30,33-34H2,1H3,(H,50,62). The summed E-state index contributed by atoms with van der Waals surface area (Å²) >= 11 is 0. The first kappa shape index (κ1) is 57.4. The van der Waals surface area contributed by atoms with Crippen LogP contribution < -0.4 is 5.32 Å². The summed E-state index contributed by atoms with van der Waals surface area (Å²) in [6, 6.07) is 11.9. The lowest BCUT2D eigenvalue weighted by Crippen LogP contribution is -2.42. The van der Waals surface area contributed by atoms with E-state index < -0.39 is 29.8 Å². The number of benzene rings is 2. The van der Waals surface area contributed by atoms with Crippen molar-refractivity contribution in [2.24, 2.45) is 10.2 Å². The first-order valence-electron chi connectivity index (χ1n) is 23.7. The Labute approximate surface area is 412 Å². The molecular weight excluding hydrogens is 931 g/mol. The van der Waals surface area contributed by atoms with Crippen LogP contribution in [0, 0.1) is 0 Å². The molecule has 4 rings (SSSR count). The minimum Gasteiger partial charge on any atom is -0.465 e. The van der Waals surface area contributed by atoms with Gasteiger partial charge in [0.05, 0.1) is 72.6 Å². The Hall–Kier alpha value is -6.20. The number of nitrogens with zero attached hydrogens (tertiary/aromatic N) is 8. The van der Waals surface area contributed by atoms with E-state index in [1.165, 1.54) is 11.8 Å². The van der Waals surface area contributed by atoms with Crippen LogP contribution in [0.25, 0.3) is 32.0 Å². The van der Waals surface area contributed by atoms with Gasteiger partial charge in [-0.2, -0.15) is 0 Å². The Kier molecular flexibility index (Phi) is 27.6. The molecule has 1 N–H and O–H groups in total. The predicted octanol–water partition coefficient (Wildman–Crippen LogP) is 5.00. The number of fused-ring (bicyclic) bond motifs is 3. The fraction of sp³-hybridized carbons (Fsp3) is 0.617. The normalized spacial score (nSPS) is 13.6. The van der Waals surface area contributed by atoms with Crippen LogP contribution in [0.5, 0.6) is 0 Å². The molecule has 2 aromatic carbocycles. The zero-order valence-corrected chi connectivity index (χ0v) is 40.3. The van der Waals surface area contributed by atoms with Gasteiger partial charge in [-0.15, -0.1) is 5.06 Å². The number of alkyl carbamates (subject to hydrolysis) is 1. The molecule has 71 heavy (non-hydrogen) atoms. The average molecular weight is 996 g/mol. The summed E-state index contributed by atoms with van der Waals surface area (Å²) in [5, 5.41) is 9.96. The van der Waals surface area contributed by atoms with Crippen LogP contribution in [0.3, 0.4) is 0 Å². The van der Waals surface area contributed by atoms with Crippen molar-refractivity contribution in [1.29, 1.82) is 0 Å². The highest BCUT2D eigenvalue weighted by molar-refractivity contribution is 6.01. The van der Waals surface area contributed by atoms with Crippen molar-refractivity contribution >= 4 is 35.6 Å². The molecule has 0 spiro atoms. The van der Waals surface area contributed by atoms with Gasteiger partial charge >= 0.3 is 18.0 Å². The molecule has 388 valence electrons. The Morgan fingerprint density at radius 2 is 1.25 bits per heavy atom. The van der Waals surface area contributed by atoms with Crippen molar-refractivity contribution < 1.29 is 71.5 Å². The number of ketones is 1. The lowest BCUT2D eigenvalue weighted by Gasteiger charge is -2.22. The van der Waals surface area contributed by atoms with Crippen LogP contribution in [0.2, 0.25) is 0 Å². The lowest BCUT2D eigenvalue weighted by molar-refractivity contribution is -0.198. The number of amides is 3. The number of nitrogens with one attached hydrogen (secondary N) is 1. The van der Waals surface area contributed by atoms with Gasteiger partial charge in [0.15, 0.2) is 5.78 Å². The smallest absolute Gasteiger partial charge is 0.407 e. The number of hydrogen-bond donors (Lipinski definition) is 1. The Balaban J connectivity index is 1.31. The van der Waals surface area contributed by atoms with Gasteiger partial charge in [0.1, 0.15) is 13.2 Å². The summed E-state index contributed by atoms with van der Waals surface area (Å²) in [5.74, 6) is -3.07. The molecule has 1 fully saturated rings.